The zero-order valence-electron chi connectivity index (χ0n) is 9.99. The van der Waals surface area contributed by atoms with Gasteiger partial charge in [-0.1, -0.05) is 24.3 Å². The summed E-state index contributed by atoms with van der Waals surface area (Å²) in [4.78, 5) is 14.6. The quantitative estimate of drug-likeness (QED) is 0.878. The molecule has 0 saturated carbocycles. The number of nitrogens with one attached hydrogen (secondary N) is 1. The van der Waals surface area contributed by atoms with E-state index in [1.807, 2.05) is 38.1 Å². The Bertz CT molecular complexity index is 572. The molecule has 0 saturated heterocycles. The summed E-state index contributed by atoms with van der Waals surface area (Å²) in [5.41, 5.74) is 3.00. The third-order valence-electron chi connectivity index (χ3n) is 2.67. The molecule has 0 fully saturated rings. The van der Waals surface area contributed by atoms with Crippen LogP contribution in [0, 0.1) is 13.8 Å². The molecule has 0 bridgehead atoms. The number of benzene rings is 1. The molecule has 3 heteroatoms. The third kappa shape index (κ3) is 2.75. The van der Waals surface area contributed by atoms with Crippen molar-refractivity contribution in [3.63, 3.8) is 0 Å². The minimum absolute atomic E-state index is 0.0881. The monoisotopic (exact) mass is 229 g/mol. The molecule has 0 radical (unpaired) electrons. The summed E-state index contributed by atoms with van der Waals surface area (Å²) in [6.07, 6.45) is 1.61. The first-order valence-electron chi connectivity index (χ1n) is 5.53. The van der Waals surface area contributed by atoms with Crippen LogP contribution >= 0.6 is 0 Å². The molecule has 0 atom stereocenters. The molecule has 3 nitrogen and oxygen atoms in total. The van der Waals surface area contributed by atoms with Gasteiger partial charge in [-0.3, -0.25) is 4.79 Å². The van der Waals surface area contributed by atoms with E-state index in [0.29, 0.717) is 12.4 Å². The number of pyridine rings is 1. The van der Waals surface area contributed by atoms with Crippen LogP contribution in [0.4, 0.5) is 0 Å². The van der Waals surface area contributed by atoms with Gasteiger partial charge in [-0.2, -0.15) is 0 Å². The van der Waals surface area contributed by atoms with Crippen LogP contribution in [0.15, 0.2) is 41.3 Å². The van der Waals surface area contributed by atoms with Crippen molar-refractivity contribution < 1.29 is 4.74 Å². The fourth-order valence-electron chi connectivity index (χ4n) is 1.60. The van der Waals surface area contributed by atoms with E-state index in [4.69, 9.17) is 4.74 Å². The van der Waals surface area contributed by atoms with E-state index in [1.54, 1.807) is 6.20 Å². The van der Waals surface area contributed by atoms with Gasteiger partial charge in [0.2, 0.25) is 5.43 Å². The number of hydrogen-bond acceptors (Lipinski definition) is 2. The van der Waals surface area contributed by atoms with E-state index >= 15 is 0 Å². The lowest BCUT2D eigenvalue weighted by molar-refractivity contribution is 0.301. The maximum atomic E-state index is 11.6. The molecule has 0 aliphatic rings. The molecule has 0 aliphatic heterocycles. The van der Waals surface area contributed by atoms with Gasteiger partial charge in [0, 0.05) is 18.0 Å². The van der Waals surface area contributed by atoms with Crippen molar-refractivity contribution in [2.24, 2.45) is 0 Å². The Morgan fingerprint density at radius 3 is 2.71 bits per heavy atom. The predicted molar refractivity (Wildman–Crippen MR) is 67.3 cm³/mol. The van der Waals surface area contributed by atoms with Gasteiger partial charge in [-0.15, -0.1) is 0 Å². The topological polar surface area (TPSA) is 42.1 Å². The number of ether oxygens (including phenoxy) is 1. The summed E-state index contributed by atoms with van der Waals surface area (Å²) in [5.74, 6) is 0.360. The second-order valence-electron chi connectivity index (χ2n) is 4.06. The molecule has 0 unspecified atom stereocenters. The van der Waals surface area contributed by atoms with Gasteiger partial charge >= 0.3 is 0 Å². The van der Waals surface area contributed by atoms with Gasteiger partial charge in [-0.25, -0.2) is 0 Å². The van der Waals surface area contributed by atoms with Crippen molar-refractivity contribution >= 4 is 0 Å². The van der Waals surface area contributed by atoms with Gasteiger partial charge < -0.3 is 9.72 Å². The lowest BCUT2D eigenvalue weighted by Gasteiger charge is -2.07. The lowest BCUT2D eigenvalue weighted by Crippen LogP contribution is -2.08. The maximum absolute atomic E-state index is 11.6. The Hall–Kier alpha value is -2.03. The molecular formula is C14H15NO2. The van der Waals surface area contributed by atoms with E-state index in [-0.39, 0.29) is 5.43 Å². The molecule has 2 aromatic rings. The standard InChI is InChI=1S/C14H15NO2/c1-10-5-3-4-6-12(10)9-17-14-8-15-11(2)7-13(14)16/h3-8H,9H2,1-2H3,(H,15,16). The predicted octanol–water partition coefficient (Wildman–Crippen LogP) is 2.57. The fourth-order valence-corrected chi connectivity index (χ4v) is 1.60. The maximum Gasteiger partial charge on any atom is 0.223 e. The molecule has 2 rings (SSSR count). The minimum Gasteiger partial charge on any atom is -0.483 e. The van der Waals surface area contributed by atoms with Crippen LogP contribution in [-0.4, -0.2) is 4.98 Å². The summed E-state index contributed by atoms with van der Waals surface area (Å²) in [5, 5.41) is 0. The van der Waals surface area contributed by atoms with Crippen molar-refractivity contribution in [3.8, 4) is 5.75 Å². The third-order valence-corrected chi connectivity index (χ3v) is 2.67. The Labute approximate surface area is 100 Å². The highest BCUT2D eigenvalue weighted by molar-refractivity contribution is 5.26. The minimum atomic E-state index is -0.0881. The lowest BCUT2D eigenvalue weighted by atomic mass is 10.1. The second kappa shape index (κ2) is 4.87. The van der Waals surface area contributed by atoms with Crippen molar-refractivity contribution in [3.05, 3.63) is 63.6 Å². The number of hydrogen-bond donors (Lipinski definition) is 1. The molecule has 1 aromatic carbocycles. The van der Waals surface area contributed by atoms with E-state index in [9.17, 15) is 4.79 Å². The first-order valence-corrected chi connectivity index (χ1v) is 5.53. The van der Waals surface area contributed by atoms with Crippen LogP contribution in [0.3, 0.4) is 0 Å². The molecule has 17 heavy (non-hydrogen) atoms. The highest BCUT2D eigenvalue weighted by Gasteiger charge is 2.02. The van der Waals surface area contributed by atoms with Gasteiger partial charge in [0.25, 0.3) is 0 Å². The highest BCUT2D eigenvalue weighted by atomic mass is 16.5. The molecule has 1 heterocycles. The average molecular weight is 229 g/mol. The summed E-state index contributed by atoms with van der Waals surface area (Å²) in [6.45, 7) is 4.28. The summed E-state index contributed by atoms with van der Waals surface area (Å²) in [6, 6.07) is 9.51. The number of aryl methyl sites for hydroxylation is 2. The van der Waals surface area contributed by atoms with Crippen molar-refractivity contribution in [2.45, 2.75) is 20.5 Å². The van der Waals surface area contributed by atoms with Gasteiger partial charge in [0.15, 0.2) is 5.75 Å². The molecule has 0 aliphatic carbocycles. The fraction of sp³-hybridized carbons (Fsp3) is 0.214. The zero-order valence-corrected chi connectivity index (χ0v) is 9.99. The van der Waals surface area contributed by atoms with Crippen LogP contribution in [0.5, 0.6) is 5.75 Å². The summed E-state index contributed by atoms with van der Waals surface area (Å²) >= 11 is 0. The van der Waals surface area contributed by atoms with Crippen LogP contribution in [0.25, 0.3) is 0 Å². The van der Waals surface area contributed by atoms with Crippen molar-refractivity contribution in [1.82, 2.24) is 4.98 Å². The van der Waals surface area contributed by atoms with Crippen LogP contribution in [-0.2, 0) is 6.61 Å². The largest absolute Gasteiger partial charge is 0.483 e. The van der Waals surface area contributed by atoms with Gasteiger partial charge in [0.05, 0.1) is 0 Å². The summed E-state index contributed by atoms with van der Waals surface area (Å²) < 4.78 is 5.51. The van der Waals surface area contributed by atoms with E-state index < -0.39 is 0 Å². The van der Waals surface area contributed by atoms with E-state index in [1.165, 1.54) is 6.07 Å². The molecule has 0 amide bonds. The molecule has 1 N–H and O–H groups in total. The number of aromatic nitrogens is 1. The number of H-pyrrole nitrogens is 1. The SMILES string of the molecule is Cc1cc(=O)c(OCc2ccccc2C)c[nH]1. The Morgan fingerprint density at radius 2 is 2.00 bits per heavy atom. The molecule has 1 aromatic heterocycles. The van der Waals surface area contributed by atoms with Gasteiger partial charge in [0.1, 0.15) is 6.61 Å². The summed E-state index contributed by atoms with van der Waals surface area (Å²) in [7, 11) is 0. The first-order chi connectivity index (χ1) is 8.16. The molecule has 88 valence electrons. The Morgan fingerprint density at radius 1 is 1.24 bits per heavy atom. The first kappa shape index (κ1) is 11.5. The van der Waals surface area contributed by atoms with Crippen molar-refractivity contribution in [1.29, 1.82) is 0 Å². The van der Waals surface area contributed by atoms with Crippen LogP contribution < -0.4 is 10.2 Å². The van der Waals surface area contributed by atoms with E-state index in [2.05, 4.69) is 4.98 Å². The zero-order chi connectivity index (χ0) is 12.3. The van der Waals surface area contributed by atoms with Gasteiger partial charge in [-0.05, 0) is 25.0 Å². The normalized spacial score (nSPS) is 10.2. The average Bonchev–Trinajstić information content (AvgIpc) is 2.30. The van der Waals surface area contributed by atoms with Crippen molar-refractivity contribution in [2.75, 3.05) is 0 Å². The molecule has 0 spiro atoms. The number of aromatic amines is 1. The number of rotatable bonds is 3. The van der Waals surface area contributed by atoms with Crippen LogP contribution in [0.2, 0.25) is 0 Å². The Kier molecular flexibility index (Phi) is 3.28. The van der Waals surface area contributed by atoms with E-state index in [0.717, 1.165) is 16.8 Å². The Balaban J connectivity index is 2.13. The van der Waals surface area contributed by atoms with Crippen LogP contribution in [0.1, 0.15) is 16.8 Å². The second-order valence-corrected chi connectivity index (χ2v) is 4.06. The smallest absolute Gasteiger partial charge is 0.223 e. The highest BCUT2D eigenvalue weighted by Crippen LogP contribution is 2.10. The molecular weight excluding hydrogens is 214 g/mol.